The topological polar surface area (TPSA) is 42.2 Å². The van der Waals surface area contributed by atoms with Crippen LogP contribution in [0.15, 0.2) is 4.79 Å². The summed E-state index contributed by atoms with van der Waals surface area (Å²) in [6.07, 6.45) is 0.828. The molecule has 0 bridgehead atoms. The Morgan fingerprint density at radius 3 is 2.23 bits per heavy atom. The van der Waals surface area contributed by atoms with E-state index in [0.717, 1.165) is 22.3 Å². The molecule has 72 valence electrons. The first-order valence-electron chi connectivity index (χ1n) is 4.41. The first-order valence-corrected chi connectivity index (χ1v) is 4.41. The summed E-state index contributed by atoms with van der Waals surface area (Å²) in [4.78, 5) is 11.4. The van der Waals surface area contributed by atoms with Gasteiger partial charge in [0.25, 0.3) is 5.56 Å². The number of rotatable bonds is 1. The summed E-state index contributed by atoms with van der Waals surface area (Å²) in [7, 11) is 0. The van der Waals surface area contributed by atoms with E-state index < -0.39 is 0 Å². The van der Waals surface area contributed by atoms with E-state index >= 15 is 0 Å². The molecule has 1 N–H and O–H groups in total. The molecule has 0 amide bonds. The van der Waals surface area contributed by atoms with Gasteiger partial charge in [0.15, 0.2) is 0 Å². The van der Waals surface area contributed by atoms with E-state index in [2.05, 4.69) is 0 Å². The number of hydrogen-bond donors (Lipinski definition) is 1. The molecular weight excluding hydrogens is 166 g/mol. The van der Waals surface area contributed by atoms with Gasteiger partial charge in [-0.25, -0.2) is 0 Å². The van der Waals surface area contributed by atoms with Gasteiger partial charge in [0, 0.05) is 5.56 Å². The molecule has 0 aliphatic carbocycles. The Morgan fingerprint density at radius 2 is 1.77 bits per heavy atom. The smallest absolute Gasteiger partial charge is 0.286 e. The number of aromatic nitrogens is 1. The van der Waals surface area contributed by atoms with Crippen molar-refractivity contribution < 1.29 is 5.21 Å². The molecule has 13 heavy (non-hydrogen) atoms. The van der Waals surface area contributed by atoms with Crippen molar-refractivity contribution in [1.82, 2.24) is 4.73 Å². The zero-order valence-corrected chi connectivity index (χ0v) is 8.51. The van der Waals surface area contributed by atoms with Crippen molar-refractivity contribution in [3.05, 3.63) is 32.7 Å². The van der Waals surface area contributed by atoms with Crippen LogP contribution >= 0.6 is 0 Å². The van der Waals surface area contributed by atoms with Crippen molar-refractivity contribution in [3.63, 3.8) is 0 Å². The van der Waals surface area contributed by atoms with Crippen LogP contribution < -0.4 is 5.56 Å². The summed E-state index contributed by atoms with van der Waals surface area (Å²) < 4.78 is 0.726. The molecule has 0 radical (unpaired) electrons. The number of nitrogens with zero attached hydrogens (tertiary/aromatic N) is 1. The van der Waals surface area contributed by atoms with E-state index in [1.54, 1.807) is 13.8 Å². The van der Waals surface area contributed by atoms with Crippen LogP contribution in [-0.4, -0.2) is 9.94 Å². The maximum absolute atomic E-state index is 11.4. The van der Waals surface area contributed by atoms with Gasteiger partial charge >= 0.3 is 0 Å². The predicted molar refractivity (Wildman–Crippen MR) is 51.5 cm³/mol. The molecule has 1 aromatic rings. The molecule has 3 heteroatoms. The molecule has 1 rings (SSSR count). The highest BCUT2D eigenvalue weighted by Gasteiger charge is 2.11. The number of hydrogen-bond acceptors (Lipinski definition) is 2. The Labute approximate surface area is 77.6 Å². The minimum Gasteiger partial charge on any atom is -0.425 e. The van der Waals surface area contributed by atoms with E-state index in [0.29, 0.717) is 11.3 Å². The maximum Gasteiger partial charge on any atom is 0.286 e. The zero-order valence-electron chi connectivity index (χ0n) is 8.51. The quantitative estimate of drug-likeness (QED) is 0.668. The third-order valence-electron chi connectivity index (χ3n) is 2.63. The average Bonchev–Trinajstić information content (AvgIpc) is 2.13. The van der Waals surface area contributed by atoms with E-state index in [-0.39, 0.29) is 5.56 Å². The Kier molecular flexibility index (Phi) is 2.45. The Balaban J connectivity index is 3.67. The van der Waals surface area contributed by atoms with Crippen LogP contribution in [0.25, 0.3) is 0 Å². The first kappa shape index (κ1) is 9.84. The minimum atomic E-state index is -0.306. The average molecular weight is 181 g/mol. The molecule has 0 fully saturated rings. The molecule has 0 saturated heterocycles. The maximum atomic E-state index is 11.4. The van der Waals surface area contributed by atoms with Crippen molar-refractivity contribution in [3.8, 4) is 0 Å². The fraction of sp³-hybridized carbons (Fsp3) is 0.500. The SMILES string of the molecule is CCc1c(C)c(C)n(O)c(=O)c1C. The molecule has 1 heterocycles. The fourth-order valence-electron chi connectivity index (χ4n) is 1.63. The summed E-state index contributed by atoms with van der Waals surface area (Å²) in [5.41, 5.74) is 3.02. The molecule has 0 spiro atoms. The lowest BCUT2D eigenvalue weighted by atomic mass is 10.0. The molecule has 1 aromatic heterocycles. The Hall–Kier alpha value is -1.25. The first-order chi connectivity index (χ1) is 6.00. The summed E-state index contributed by atoms with van der Waals surface area (Å²) in [5, 5.41) is 9.39. The van der Waals surface area contributed by atoms with Gasteiger partial charge in [0.05, 0.1) is 5.69 Å². The van der Waals surface area contributed by atoms with Crippen LogP contribution in [0.1, 0.15) is 29.3 Å². The summed E-state index contributed by atoms with van der Waals surface area (Å²) >= 11 is 0. The summed E-state index contributed by atoms with van der Waals surface area (Å²) in [6, 6.07) is 0. The normalized spacial score (nSPS) is 10.5. The van der Waals surface area contributed by atoms with Crippen LogP contribution in [0.2, 0.25) is 0 Å². The summed E-state index contributed by atoms with van der Waals surface area (Å²) in [5.74, 6) is 0. The van der Waals surface area contributed by atoms with Crippen molar-refractivity contribution in [2.45, 2.75) is 34.1 Å². The van der Waals surface area contributed by atoms with Crippen LogP contribution in [0.3, 0.4) is 0 Å². The molecule has 0 aliphatic heterocycles. The largest absolute Gasteiger partial charge is 0.425 e. The lowest BCUT2D eigenvalue weighted by Crippen LogP contribution is -2.25. The van der Waals surface area contributed by atoms with Gasteiger partial charge in [0.1, 0.15) is 0 Å². The Bertz CT molecular complexity index is 391. The monoisotopic (exact) mass is 181 g/mol. The van der Waals surface area contributed by atoms with Crippen LogP contribution in [0, 0.1) is 20.8 Å². The van der Waals surface area contributed by atoms with Crippen LogP contribution in [-0.2, 0) is 6.42 Å². The van der Waals surface area contributed by atoms with Gasteiger partial charge < -0.3 is 5.21 Å². The highest BCUT2D eigenvalue weighted by atomic mass is 16.5. The lowest BCUT2D eigenvalue weighted by molar-refractivity contribution is 0.166. The van der Waals surface area contributed by atoms with Gasteiger partial charge in [-0.05, 0) is 38.3 Å². The second-order valence-corrected chi connectivity index (χ2v) is 3.28. The van der Waals surface area contributed by atoms with Crippen molar-refractivity contribution in [2.75, 3.05) is 0 Å². The molecule has 0 unspecified atom stereocenters. The second-order valence-electron chi connectivity index (χ2n) is 3.28. The van der Waals surface area contributed by atoms with Crippen LogP contribution in [0.5, 0.6) is 0 Å². The van der Waals surface area contributed by atoms with E-state index in [9.17, 15) is 10.0 Å². The number of pyridine rings is 1. The van der Waals surface area contributed by atoms with Gasteiger partial charge in [-0.1, -0.05) is 6.92 Å². The third kappa shape index (κ3) is 1.34. The van der Waals surface area contributed by atoms with Gasteiger partial charge in [-0.2, -0.15) is 4.73 Å². The van der Waals surface area contributed by atoms with E-state index in [4.69, 9.17) is 0 Å². The highest BCUT2D eigenvalue weighted by molar-refractivity contribution is 5.34. The zero-order chi connectivity index (χ0) is 10.2. The summed E-state index contributed by atoms with van der Waals surface area (Å²) in [6.45, 7) is 7.43. The second kappa shape index (κ2) is 3.24. The van der Waals surface area contributed by atoms with Crippen molar-refractivity contribution >= 4 is 0 Å². The Morgan fingerprint density at radius 1 is 1.23 bits per heavy atom. The predicted octanol–water partition coefficient (Wildman–Crippen LogP) is 1.57. The highest BCUT2D eigenvalue weighted by Crippen LogP contribution is 2.13. The van der Waals surface area contributed by atoms with Gasteiger partial charge in [-0.3, -0.25) is 4.79 Å². The lowest BCUT2D eigenvalue weighted by Gasteiger charge is -2.12. The van der Waals surface area contributed by atoms with Gasteiger partial charge in [0.2, 0.25) is 0 Å². The molecular formula is C10H15NO2. The fourth-order valence-corrected chi connectivity index (χ4v) is 1.63. The third-order valence-corrected chi connectivity index (χ3v) is 2.63. The molecule has 0 atom stereocenters. The molecule has 0 saturated carbocycles. The van der Waals surface area contributed by atoms with Gasteiger partial charge in [-0.15, -0.1) is 0 Å². The van der Waals surface area contributed by atoms with E-state index in [1.165, 1.54) is 0 Å². The standard InChI is InChI=1S/C10H15NO2/c1-5-9-6(2)8(4)11(13)10(12)7(9)3/h13H,5H2,1-4H3. The molecule has 3 nitrogen and oxygen atoms in total. The minimum absolute atomic E-state index is 0.306. The van der Waals surface area contributed by atoms with Crippen molar-refractivity contribution in [1.29, 1.82) is 0 Å². The molecule has 0 aromatic carbocycles. The van der Waals surface area contributed by atoms with Crippen LogP contribution in [0.4, 0.5) is 0 Å². The molecule has 0 aliphatic rings. The van der Waals surface area contributed by atoms with E-state index in [1.807, 2.05) is 13.8 Å². The van der Waals surface area contributed by atoms with Crippen molar-refractivity contribution in [2.24, 2.45) is 0 Å².